The van der Waals surface area contributed by atoms with E-state index in [1.807, 2.05) is 55.6 Å². The molecule has 0 saturated heterocycles. The molecule has 8 heteroatoms. The van der Waals surface area contributed by atoms with Crippen molar-refractivity contribution in [2.24, 2.45) is 0 Å². The number of rotatable bonds is 13. The molecule has 0 bridgehead atoms. The molecule has 4 aromatic carbocycles. The number of nitrogens with zero attached hydrogens (tertiary/aromatic N) is 1. The molecule has 0 aliphatic rings. The van der Waals surface area contributed by atoms with E-state index in [1.165, 1.54) is 22.2 Å². The molecule has 0 radical (unpaired) electrons. The maximum absolute atomic E-state index is 13.5. The monoisotopic (exact) mass is 590 g/mol. The Morgan fingerprint density at radius 3 is 2.24 bits per heavy atom. The Labute approximate surface area is 269 Å². The zero-order chi connectivity index (χ0) is 29.2. The van der Waals surface area contributed by atoms with Crippen LogP contribution < -0.4 is 34.2 Å². The van der Waals surface area contributed by atoms with Crippen LogP contribution in [0.2, 0.25) is 0 Å². The standard InChI is InChI=1S/C34H36N2O3S2.Li/c1-24-10-7-8-15-29(24)31-20-26(16-17-30(31)33(37)35-32(34(38)39)18-19-40-2)23-36(22-25-11-5-4-6-12-25)27-13-9-14-28(21-27)41-3;/h4-17,20-21,32H,18-19,22-23H2,1-3H3,(H,35,37)(H,38,39);/q;+1/p-1/t32-;/m0./s1. The van der Waals surface area contributed by atoms with E-state index >= 15 is 0 Å². The van der Waals surface area contributed by atoms with Crippen LogP contribution >= 0.6 is 23.5 Å². The fourth-order valence-electron chi connectivity index (χ4n) is 4.78. The van der Waals surface area contributed by atoms with Gasteiger partial charge in [0, 0.05) is 29.2 Å². The van der Waals surface area contributed by atoms with Crippen LogP contribution in [0.25, 0.3) is 11.1 Å². The minimum atomic E-state index is -1.27. The maximum atomic E-state index is 13.5. The summed E-state index contributed by atoms with van der Waals surface area (Å²) >= 11 is 3.24. The van der Waals surface area contributed by atoms with Crippen LogP contribution in [0.5, 0.6) is 0 Å². The number of hydrogen-bond acceptors (Lipinski definition) is 6. The van der Waals surface area contributed by atoms with Crippen LogP contribution in [0.3, 0.4) is 0 Å². The molecule has 1 atom stereocenters. The molecule has 0 spiro atoms. The third-order valence-electron chi connectivity index (χ3n) is 6.97. The van der Waals surface area contributed by atoms with Crippen molar-refractivity contribution in [3.8, 4) is 11.1 Å². The number of aryl methyl sites for hydroxylation is 1. The number of nitrogens with one attached hydrogen (secondary N) is 1. The molecular weight excluding hydrogens is 555 g/mol. The van der Waals surface area contributed by atoms with Crippen molar-refractivity contribution in [3.05, 3.63) is 119 Å². The summed E-state index contributed by atoms with van der Waals surface area (Å²) in [6.07, 6.45) is 4.28. The number of carboxylic acids is 1. The number of thioether (sulfide) groups is 2. The van der Waals surface area contributed by atoms with Gasteiger partial charge in [-0.05, 0) is 89.8 Å². The van der Waals surface area contributed by atoms with Gasteiger partial charge in [0.1, 0.15) is 0 Å². The fourth-order valence-corrected chi connectivity index (χ4v) is 5.70. The number of anilines is 1. The smallest absolute Gasteiger partial charge is 0.548 e. The summed E-state index contributed by atoms with van der Waals surface area (Å²) in [6, 6.07) is 31.6. The van der Waals surface area contributed by atoms with E-state index in [0.29, 0.717) is 24.3 Å². The summed E-state index contributed by atoms with van der Waals surface area (Å²) in [5.41, 5.74) is 6.56. The predicted octanol–water partition coefficient (Wildman–Crippen LogP) is 3.20. The van der Waals surface area contributed by atoms with E-state index in [4.69, 9.17) is 0 Å². The second kappa shape index (κ2) is 16.5. The van der Waals surface area contributed by atoms with Crippen molar-refractivity contribution in [2.75, 3.05) is 23.2 Å². The summed E-state index contributed by atoms with van der Waals surface area (Å²) in [5.74, 6) is -1.08. The van der Waals surface area contributed by atoms with Gasteiger partial charge in [0.05, 0.1) is 12.0 Å². The first-order valence-electron chi connectivity index (χ1n) is 13.5. The van der Waals surface area contributed by atoms with Crippen LogP contribution in [0.4, 0.5) is 5.69 Å². The normalized spacial score (nSPS) is 11.3. The molecule has 42 heavy (non-hydrogen) atoms. The van der Waals surface area contributed by atoms with Gasteiger partial charge in [-0.1, -0.05) is 66.7 Å². The van der Waals surface area contributed by atoms with Crippen LogP contribution in [0.1, 0.15) is 33.5 Å². The molecule has 1 amide bonds. The summed E-state index contributed by atoms with van der Waals surface area (Å²) < 4.78 is 0. The Bertz CT molecular complexity index is 1480. The van der Waals surface area contributed by atoms with Crippen molar-refractivity contribution in [2.45, 2.75) is 37.4 Å². The Morgan fingerprint density at radius 1 is 0.833 bits per heavy atom. The molecule has 0 unspecified atom stereocenters. The molecule has 0 aromatic heterocycles. The average Bonchev–Trinajstić information content (AvgIpc) is 2.99. The molecule has 0 aliphatic heterocycles. The minimum absolute atomic E-state index is 0. The zero-order valence-electron chi connectivity index (χ0n) is 24.6. The van der Waals surface area contributed by atoms with Gasteiger partial charge in [-0.2, -0.15) is 11.8 Å². The van der Waals surface area contributed by atoms with Gasteiger partial charge in [0.15, 0.2) is 0 Å². The van der Waals surface area contributed by atoms with Crippen LogP contribution in [-0.4, -0.2) is 36.2 Å². The molecule has 0 aliphatic carbocycles. The molecule has 5 nitrogen and oxygen atoms in total. The van der Waals surface area contributed by atoms with Gasteiger partial charge < -0.3 is 20.1 Å². The quantitative estimate of drug-likeness (QED) is 0.191. The second-order valence-corrected chi connectivity index (χ2v) is 11.7. The molecule has 212 valence electrons. The molecular formula is C34H35LiN2O3S2. The number of carbonyl (C=O) groups is 2. The zero-order valence-corrected chi connectivity index (χ0v) is 26.3. The van der Waals surface area contributed by atoms with Crippen molar-refractivity contribution >= 4 is 41.1 Å². The first kappa shape index (κ1) is 33.4. The maximum Gasteiger partial charge on any atom is 1.00 e. The van der Waals surface area contributed by atoms with E-state index in [2.05, 4.69) is 71.1 Å². The number of aliphatic carboxylic acids is 1. The summed E-state index contributed by atoms with van der Waals surface area (Å²) in [4.78, 5) is 28.7. The number of carbonyl (C=O) groups excluding carboxylic acids is 2. The van der Waals surface area contributed by atoms with Gasteiger partial charge in [0.2, 0.25) is 0 Å². The van der Waals surface area contributed by atoms with Crippen molar-refractivity contribution in [1.82, 2.24) is 5.32 Å². The van der Waals surface area contributed by atoms with E-state index in [-0.39, 0.29) is 18.9 Å². The largest absolute Gasteiger partial charge is 1.00 e. The third kappa shape index (κ3) is 8.96. The molecule has 4 rings (SSSR count). The second-order valence-electron chi connectivity index (χ2n) is 9.86. The molecule has 0 saturated carbocycles. The predicted molar refractivity (Wildman–Crippen MR) is 170 cm³/mol. The Morgan fingerprint density at radius 2 is 1.55 bits per heavy atom. The number of benzene rings is 4. The van der Waals surface area contributed by atoms with Gasteiger partial charge >= 0.3 is 18.9 Å². The molecule has 4 aromatic rings. The van der Waals surface area contributed by atoms with E-state index in [0.717, 1.165) is 34.5 Å². The number of carboxylic acid groups (broad SMARTS) is 1. The fraction of sp³-hybridized carbons (Fsp3) is 0.235. The van der Waals surface area contributed by atoms with Gasteiger partial charge in [-0.3, -0.25) is 4.79 Å². The van der Waals surface area contributed by atoms with Crippen molar-refractivity contribution in [1.29, 1.82) is 0 Å². The summed E-state index contributed by atoms with van der Waals surface area (Å²) in [7, 11) is 0. The van der Waals surface area contributed by atoms with Crippen molar-refractivity contribution < 1.29 is 33.6 Å². The van der Waals surface area contributed by atoms with Crippen LogP contribution in [-0.2, 0) is 17.9 Å². The van der Waals surface area contributed by atoms with E-state index in [9.17, 15) is 14.7 Å². The van der Waals surface area contributed by atoms with Crippen molar-refractivity contribution in [3.63, 3.8) is 0 Å². The first-order chi connectivity index (χ1) is 19.9. The Kier molecular flexibility index (Phi) is 13.2. The number of hydrogen-bond donors (Lipinski definition) is 1. The van der Waals surface area contributed by atoms with Gasteiger partial charge in [0.25, 0.3) is 5.91 Å². The van der Waals surface area contributed by atoms with E-state index < -0.39 is 17.9 Å². The van der Waals surface area contributed by atoms with E-state index in [1.54, 1.807) is 11.8 Å². The SMILES string of the molecule is CSCC[C@H](NC(=O)c1ccc(CN(Cc2ccccc2)c2cccc(SC)c2)cc1-c1ccccc1C)C(=O)[O-].[Li+]. The van der Waals surface area contributed by atoms with Gasteiger partial charge in [-0.15, -0.1) is 11.8 Å². The topological polar surface area (TPSA) is 72.5 Å². The average molecular weight is 591 g/mol. The first-order valence-corrected chi connectivity index (χ1v) is 16.1. The number of amides is 1. The molecule has 0 heterocycles. The molecule has 0 fully saturated rings. The Hall–Kier alpha value is -3.08. The van der Waals surface area contributed by atoms with Crippen LogP contribution in [0, 0.1) is 6.92 Å². The van der Waals surface area contributed by atoms with Crippen LogP contribution in [0.15, 0.2) is 102 Å². The summed E-state index contributed by atoms with van der Waals surface area (Å²) in [5, 5.41) is 14.4. The molecule has 1 N–H and O–H groups in total. The van der Waals surface area contributed by atoms with Gasteiger partial charge in [-0.25, -0.2) is 0 Å². The summed E-state index contributed by atoms with van der Waals surface area (Å²) in [6.45, 7) is 3.37. The third-order valence-corrected chi connectivity index (χ3v) is 8.34. The Balaban J connectivity index is 0.00000484. The minimum Gasteiger partial charge on any atom is -0.548 e.